The van der Waals surface area contributed by atoms with Crippen LogP contribution in [-0.2, 0) is 21.4 Å². The van der Waals surface area contributed by atoms with E-state index in [0.29, 0.717) is 12.5 Å². The van der Waals surface area contributed by atoms with Gasteiger partial charge in [-0.3, -0.25) is 9.69 Å². The molecule has 1 unspecified atom stereocenters. The van der Waals surface area contributed by atoms with Crippen LogP contribution >= 0.6 is 0 Å². The minimum Gasteiger partial charge on any atom is -0.481 e. The van der Waals surface area contributed by atoms with Gasteiger partial charge in [-0.25, -0.2) is 0 Å². The Labute approximate surface area is 129 Å². The summed E-state index contributed by atoms with van der Waals surface area (Å²) in [6, 6.07) is 4.83. The van der Waals surface area contributed by atoms with Crippen molar-refractivity contribution in [3.63, 3.8) is 0 Å². The van der Waals surface area contributed by atoms with E-state index in [1.165, 1.54) is 11.1 Å². The molecular formula is C18H19NO3. The van der Waals surface area contributed by atoms with Crippen molar-refractivity contribution in [2.45, 2.75) is 55.8 Å². The molecule has 0 amide bonds. The molecule has 1 saturated carbocycles. The van der Waals surface area contributed by atoms with Crippen molar-refractivity contribution in [3.8, 4) is 5.75 Å². The van der Waals surface area contributed by atoms with E-state index in [-0.39, 0.29) is 22.9 Å². The second kappa shape index (κ2) is 3.41. The van der Waals surface area contributed by atoms with E-state index in [9.17, 15) is 4.79 Å². The number of hydrogen-bond acceptors (Lipinski definition) is 4. The number of benzene rings is 1. The molecular weight excluding hydrogens is 278 g/mol. The van der Waals surface area contributed by atoms with Gasteiger partial charge in [0.1, 0.15) is 18.1 Å². The van der Waals surface area contributed by atoms with E-state index in [1.54, 1.807) is 0 Å². The zero-order chi connectivity index (χ0) is 14.7. The molecule has 0 radical (unpaired) electrons. The van der Waals surface area contributed by atoms with E-state index in [2.05, 4.69) is 24.0 Å². The third kappa shape index (κ3) is 0.983. The summed E-state index contributed by atoms with van der Waals surface area (Å²) in [6.07, 6.45) is 3.16. The summed E-state index contributed by atoms with van der Waals surface area (Å²) in [6.45, 7) is 3.83. The first-order valence-electron chi connectivity index (χ1n) is 8.38. The number of hydrogen-bond donors (Lipinski definition) is 0. The zero-order valence-corrected chi connectivity index (χ0v) is 12.7. The minimum absolute atomic E-state index is 0.199. The Kier molecular flexibility index (Phi) is 1.87. The maximum atomic E-state index is 12.7. The predicted octanol–water partition coefficient (Wildman–Crippen LogP) is 1.71. The van der Waals surface area contributed by atoms with Gasteiger partial charge in [0.05, 0.1) is 5.41 Å². The fourth-order valence-electron chi connectivity index (χ4n) is 6.18. The molecule has 0 N–H and O–H groups in total. The Morgan fingerprint density at radius 3 is 3.14 bits per heavy atom. The Hall–Kier alpha value is -1.39. The highest BCUT2D eigenvalue weighted by Crippen LogP contribution is 2.66. The maximum Gasteiger partial charge on any atom is 0.174 e. The Morgan fingerprint density at radius 1 is 1.32 bits per heavy atom. The molecule has 22 heavy (non-hydrogen) atoms. The summed E-state index contributed by atoms with van der Waals surface area (Å²) in [5, 5.41) is 0. The lowest BCUT2D eigenvalue weighted by molar-refractivity contribution is -0.159. The highest BCUT2D eigenvalue weighted by Gasteiger charge is 2.75. The highest BCUT2D eigenvalue weighted by atomic mass is 16.5. The van der Waals surface area contributed by atoms with E-state index in [1.807, 2.05) is 0 Å². The third-order valence-electron chi connectivity index (χ3n) is 7.03. The third-order valence-corrected chi connectivity index (χ3v) is 7.03. The van der Waals surface area contributed by atoms with Gasteiger partial charge >= 0.3 is 0 Å². The van der Waals surface area contributed by atoms with Crippen LogP contribution < -0.4 is 4.74 Å². The molecule has 1 aromatic rings. The summed E-state index contributed by atoms with van der Waals surface area (Å²) >= 11 is 0. The molecule has 2 saturated heterocycles. The Balaban J connectivity index is 1.75. The first kappa shape index (κ1) is 12.1. The van der Waals surface area contributed by atoms with Crippen LogP contribution in [0.4, 0.5) is 0 Å². The molecule has 3 aliphatic heterocycles. The molecule has 114 valence electrons. The lowest BCUT2D eigenvalue weighted by Gasteiger charge is -2.59. The van der Waals surface area contributed by atoms with Crippen LogP contribution in [0.1, 0.15) is 36.0 Å². The lowest BCUT2D eigenvalue weighted by atomic mass is 9.49. The zero-order valence-electron chi connectivity index (χ0n) is 12.7. The summed E-state index contributed by atoms with van der Waals surface area (Å²) in [4.78, 5) is 15.2. The number of aryl methyl sites for hydroxylation is 1. The summed E-state index contributed by atoms with van der Waals surface area (Å²) in [5.74, 6) is 1.26. The van der Waals surface area contributed by atoms with E-state index in [4.69, 9.17) is 9.47 Å². The lowest BCUT2D eigenvalue weighted by Crippen LogP contribution is -2.73. The normalized spacial score (nSPS) is 46.4. The average Bonchev–Trinajstić information content (AvgIpc) is 2.97. The fraction of sp³-hybridized carbons (Fsp3) is 0.611. The molecule has 6 rings (SSSR count). The van der Waals surface area contributed by atoms with Crippen molar-refractivity contribution in [2.75, 3.05) is 13.3 Å². The number of ether oxygens (including phenoxy) is 2. The number of nitrogens with zero attached hydrogens (tertiary/aromatic N) is 1. The molecule has 1 aromatic carbocycles. The van der Waals surface area contributed by atoms with Crippen LogP contribution in [-0.4, -0.2) is 41.7 Å². The van der Waals surface area contributed by atoms with Crippen LogP contribution in [0.5, 0.6) is 5.75 Å². The standard InChI is InChI=1S/C18H19NO3/c1-10-2-3-11-8-13-18-5-4-12(20)16-17(18,14(11)15(10)22-16)6-7-19(13)9-21-18/h2-3,13,16H,4-9H2,1H3/t13-,16+,17+,18-/m1/s1. The maximum absolute atomic E-state index is 12.7. The Bertz CT molecular complexity index is 744. The predicted molar refractivity (Wildman–Crippen MR) is 79.0 cm³/mol. The second-order valence-corrected chi connectivity index (χ2v) is 7.63. The first-order valence-corrected chi connectivity index (χ1v) is 8.38. The SMILES string of the molecule is Cc1ccc2c3c1O[C@H]1C(=O)CC[C@]45OCN(CC[C@]314)[C@@H]5C2. The van der Waals surface area contributed by atoms with Crippen LogP contribution in [0, 0.1) is 6.92 Å². The van der Waals surface area contributed by atoms with Gasteiger partial charge in [-0.05, 0) is 37.3 Å². The largest absolute Gasteiger partial charge is 0.481 e. The van der Waals surface area contributed by atoms with Crippen molar-refractivity contribution < 1.29 is 14.3 Å². The van der Waals surface area contributed by atoms with Crippen molar-refractivity contribution in [1.29, 1.82) is 0 Å². The highest BCUT2D eigenvalue weighted by molar-refractivity contribution is 5.89. The molecule has 2 spiro atoms. The van der Waals surface area contributed by atoms with Gasteiger partial charge in [0.15, 0.2) is 11.9 Å². The topological polar surface area (TPSA) is 38.8 Å². The molecule has 4 nitrogen and oxygen atoms in total. The molecule has 2 aliphatic carbocycles. The van der Waals surface area contributed by atoms with E-state index < -0.39 is 0 Å². The molecule has 5 aliphatic rings. The molecule has 0 aromatic heterocycles. The number of Topliss-reactive ketones (excluding diaryl/α,β-unsaturated/α-hetero) is 1. The van der Waals surface area contributed by atoms with Gasteiger partial charge in [-0.2, -0.15) is 0 Å². The van der Waals surface area contributed by atoms with Crippen molar-refractivity contribution in [2.24, 2.45) is 0 Å². The van der Waals surface area contributed by atoms with Gasteiger partial charge < -0.3 is 9.47 Å². The van der Waals surface area contributed by atoms with Crippen molar-refractivity contribution >= 4 is 5.78 Å². The van der Waals surface area contributed by atoms with Gasteiger partial charge in [0.2, 0.25) is 0 Å². The van der Waals surface area contributed by atoms with Crippen molar-refractivity contribution in [3.05, 3.63) is 28.8 Å². The molecule has 3 heterocycles. The van der Waals surface area contributed by atoms with E-state index >= 15 is 0 Å². The van der Waals surface area contributed by atoms with E-state index in [0.717, 1.165) is 43.9 Å². The van der Waals surface area contributed by atoms with Gasteiger partial charge in [0, 0.05) is 24.6 Å². The van der Waals surface area contributed by atoms with Crippen LogP contribution in [0.2, 0.25) is 0 Å². The number of carbonyl (C=O) groups is 1. The average molecular weight is 297 g/mol. The summed E-state index contributed by atoms with van der Waals surface area (Å²) in [7, 11) is 0. The molecule has 4 heteroatoms. The summed E-state index contributed by atoms with van der Waals surface area (Å²) < 4.78 is 12.8. The second-order valence-electron chi connectivity index (χ2n) is 7.63. The van der Waals surface area contributed by atoms with Gasteiger partial charge in [0.25, 0.3) is 0 Å². The minimum atomic E-state index is -0.320. The van der Waals surface area contributed by atoms with Gasteiger partial charge in [-0.15, -0.1) is 0 Å². The Morgan fingerprint density at radius 2 is 2.23 bits per heavy atom. The number of ketones is 1. The van der Waals surface area contributed by atoms with Crippen LogP contribution in [0.25, 0.3) is 0 Å². The number of carbonyl (C=O) groups excluding carboxylic acids is 1. The first-order chi connectivity index (χ1) is 10.7. The molecule has 5 atom stereocenters. The monoisotopic (exact) mass is 297 g/mol. The number of piperidine rings is 1. The molecule has 3 fully saturated rings. The fourth-order valence-corrected chi connectivity index (χ4v) is 6.18. The number of rotatable bonds is 0. The quantitative estimate of drug-likeness (QED) is 0.731. The van der Waals surface area contributed by atoms with Crippen molar-refractivity contribution in [1.82, 2.24) is 4.90 Å². The van der Waals surface area contributed by atoms with Crippen LogP contribution in [0.15, 0.2) is 12.1 Å². The smallest absolute Gasteiger partial charge is 0.174 e. The molecule has 4 bridgehead atoms. The summed E-state index contributed by atoms with van der Waals surface area (Å²) in [5.41, 5.74) is 3.44. The van der Waals surface area contributed by atoms with Gasteiger partial charge in [-0.1, -0.05) is 12.1 Å². The van der Waals surface area contributed by atoms with Crippen LogP contribution in [0.3, 0.4) is 0 Å².